The van der Waals surface area contributed by atoms with Crippen molar-refractivity contribution in [3.05, 3.63) is 29.3 Å². The van der Waals surface area contributed by atoms with Crippen LogP contribution in [0, 0.1) is 0 Å². The Morgan fingerprint density at radius 2 is 2.10 bits per heavy atom. The number of hydrogen-bond acceptors (Lipinski definition) is 3. The van der Waals surface area contributed by atoms with Gasteiger partial charge in [0.25, 0.3) is 0 Å². The normalized spacial score (nSPS) is 22.3. The van der Waals surface area contributed by atoms with Gasteiger partial charge in [-0.05, 0) is 37.5 Å². The summed E-state index contributed by atoms with van der Waals surface area (Å²) < 4.78 is 44.1. The van der Waals surface area contributed by atoms with E-state index in [1.165, 1.54) is 12.1 Å². The molecule has 116 valence electrons. The van der Waals surface area contributed by atoms with Crippen LogP contribution in [0.5, 0.6) is 0 Å². The lowest BCUT2D eigenvalue weighted by molar-refractivity contribution is -0.137. The van der Waals surface area contributed by atoms with Crippen LogP contribution in [0.4, 0.5) is 18.9 Å². The lowest BCUT2D eigenvalue weighted by Gasteiger charge is -2.22. The minimum absolute atomic E-state index is 0.0700. The Balaban J connectivity index is 2.26. The van der Waals surface area contributed by atoms with Crippen LogP contribution in [-0.4, -0.2) is 24.2 Å². The molecule has 0 aromatic heterocycles. The van der Waals surface area contributed by atoms with Crippen LogP contribution in [0.25, 0.3) is 0 Å². The molecule has 0 radical (unpaired) electrons. The molecular formula is C14H17F3N2OS. The number of nitrogens with two attached hydrogens (primary N) is 1. The smallest absolute Gasteiger partial charge is 0.389 e. The van der Waals surface area contributed by atoms with Crippen LogP contribution in [0.1, 0.15) is 30.4 Å². The average Bonchev–Trinajstić information content (AvgIpc) is 2.84. The van der Waals surface area contributed by atoms with Gasteiger partial charge in [-0.2, -0.15) is 13.2 Å². The average molecular weight is 318 g/mol. The molecule has 2 unspecified atom stereocenters. The van der Waals surface area contributed by atoms with Gasteiger partial charge in [0, 0.05) is 18.4 Å². The molecule has 2 rings (SSSR count). The topological polar surface area (TPSA) is 47.3 Å². The van der Waals surface area contributed by atoms with Crippen molar-refractivity contribution >= 4 is 22.9 Å². The van der Waals surface area contributed by atoms with E-state index in [0.717, 1.165) is 25.3 Å². The van der Waals surface area contributed by atoms with E-state index in [1.54, 1.807) is 7.11 Å². The first-order valence-electron chi connectivity index (χ1n) is 6.63. The molecule has 7 heteroatoms. The summed E-state index contributed by atoms with van der Waals surface area (Å²) in [5.41, 5.74) is 5.02. The van der Waals surface area contributed by atoms with Gasteiger partial charge in [-0.25, -0.2) is 0 Å². The molecule has 1 fully saturated rings. The summed E-state index contributed by atoms with van der Waals surface area (Å²) in [5.74, 6) is 0. The molecule has 1 aromatic rings. The molecule has 0 saturated heterocycles. The van der Waals surface area contributed by atoms with Crippen LogP contribution in [0.15, 0.2) is 18.2 Å². The zero-order valence-corrected chi connectivity index (χ0v) is 12.4. The Bertz CT molecular complexity index is 533. The van der Waals surface area contributed by atoms with Gasteiger partial charge in [0.1, 0.15) is 4.99 Å². The standard InChI is InChI=1S/C14H17F3N2OS/c1-20-12-4-2-3-11(12)19-8-5-6-10(14(15,16)17)9(7-8)13(18)21/h5-7,11-12,19H,2-4H2,1H3,(H2,18,21). The third kappa shape index (κ3) is 3.65. The van der Waals surface area contributed by atoms with Gasteiger partial charge in [-0.1, -0.05) is 12.2 Å². The number of hydrogen-bond donors (Lipinski definition) is 2. The second kappa shape index (κ2) is 6.19. The molecule has 1 saturated carbocycles. The molecule has 0 bridgehead atoms. The molecule has 0 spiro atoms. The van der Waals surface area contributed by atoms with Crippen molar-refractivity contribution in [1.29, 1.82) is 0 Å². The Kier molecular flexibility index (Phi) is 4.73. The molecule has 0 aliphatic heterocycles. The van der Waals surface area contributed by atoms with Gasteiger partial charge >= 0.3 is 6.18 Å². The number of alkyl halides is 3. The Morgan fingerprint density at radius 1 is 1.38 bits per heavy atom. The molecule has 3 nitrogen and oxygen atoms in total. The monoisotopic (exact) mass is 318 g/mol. The summed E-state index contributed by atoms with van der Waals surface area (Å²) in [7, 11) is 1.64. The van der Waals surface area contributed by atoms with Crippen molar-refractivity contribution in [3.63, 3.8) is 0 Å². The summed E-state index contributed by atoms with van der Waals surface area (Å²) in [6.07, 6.45) is -1.52. The maximum atomic E-state index is 12.9. The molecule has 0 heterocycles. The van der Waals surface area contributed by atoms with E-state index in [0.29, 0.717) is 5.69 Å². The van der Waals surface area contributed by atoms with Crippen LogP contribution < -0.4 is 11.1 Å². The minimum Gasteiger partial charge on any atom is -0.389 e. The number of anilines is 1. The van der Waals surface area contributed by atoms with Crippen molar-refractivity contribution in [2.45, 2.75) is 37.6 Å². The Morgan fingerprint density at radius 3 is 2.67 bits per heavy atom. The van der Waals surface area contributed by atoms with Gasteiger partial charge in [0.2, 0.25) is 0 Å². The molecule has 1 aliphatic carbocycles. The first kappa shape index (κ1) is 16.0. The Hall–Kier alpha value is -1.34. The number of nitrogens with one attached hydrogen (secondary N) is 1. The maximum Gasteiger partial charge on any atom is 0.417 e. The number of ether oxygens (including phenoxy) is 1. The summed E-state index contributed by atoms with van der Waals surface area (Å²) in [4.78, 5) is -0.263. The number of halogens is 3. The zero-order chi connectivity index (χ0) is 15.6. The van der Waals surface area contributed by atoms with Crippen molar-refractivity contribution in [3.8, 4) is 0 Å². The zero-order valence-electron chi connectivity index (χ0n) is 11.5. The van der Waals surface area contributed by atoms with E-state index < -0.39 is 11.7 Å². The van der Waals surface area contributed by atoms with E-state index in [2.05, 4.69) is 5.32 Å². The largest absolute Gasteiger partial charge is 0.417 e. The second-order valence-corrected chi connectivity index (χ2v) is 5.52. The number of thiocarbonyl (C=S) groups is 1. The van der Waals surface area contributed by atoms with Crippen LogP contribution in [0.2, 0.25) is 0 Å². The first-order chi connectivity index (χ1) is 9.82. The number of benzene rings is 1. The van der Waals surface area contributed by atoms with Crippen molar-refractivity contribution in [2.75, 3.05) is 12.4 Å². The molecular weight excluding hydrogens is 301 g/mol. The summed E-state index contributed by atoms with van der Waals surface area (Å²) in [6.45, 7) is 0. The highest BCUT2D eigenvalue weighted by atomic mass is 32.1. The van der Waals surface area contributed by atoms with E-state index >= 15 is 0 Å². The fraction of sp³-hybridized carbons (Fsp3) is 0.500. The summed E-state index contributed by atoms with van der Waals surface area (Å²) >= 11 is 4.73. The predicted octanol–water partition coefficient (Wildman–Crippen LogP) is 3.32. The lowest BCUT2D eigenvalue weighted by atomic mass is 10.1. The third-order valence-electron chi connectivity index (χ3n) is 3.70. The van der Waals surface area contributed by atoms with Crippen LogP contribution in [0.3, 0.4) is 0 Å². The van der Waals surface area contributed by atoms with Gasteiger partial charge < -0.3 is 15.8 Å². The molecule has 1 aromatic carbocycles. The van der Waals surface area contributed by atoms with Crippen LogP contribution in [-0.2, 0) is 10.9 Å². The van der Waals surface area contributed by atoms with Crippen molar-refractivity contribution in [1.82, 2.24) is 0 Å². The van der Waals surface area contributed by atoms with Gasteiger partial charge in [-0.3, -0.25) is 0 Å². The van der Waals surface area contributed by atoms with E-state index in [4.69, 9.17) is 22.7 Å². The summed E-state index contributed by atoms with van der Waals surface area (Å²) in [5, 5.41) is 3.21. The Labute approximate surface area is 126 Å². The third-order valence-corrected chi connectivity index (χ3v) is 3.92. The molecule has 2 atom stereocenters. The summed E-state index contributed by atoms with van der Waals surface area (Å²) in [6, 6.07) is 3.85. The second-order valence-electron chi connectivity index (χ2n) is 5.08. The van der Waals surface area contributed by atoms with E-state index in [1.807, 2.05) is 0 Å². The maximum absolute atomic E-state index is 12.9. The van der Waals surface area contributed by atoms with Crippen molar-refractivity contribution < 1.29 is 17.9 Å². The first-order valence-corrected chi connectivity index (χ1v) is 7.04. The highest BCUT2D eigenvalue weighted by molar-refractivity contribution is 7.80. The molecule has 21 heavy (non-hydrogen) atoms. The molecule has 1 aliphatic rings. The fourth-order valence-corrected chi connectivity index (χ4v) is 2.84. The molecule has 3 N–H and O–H groups in total. The lowest BCUT2D eigenvalue weighted by Crippen LogP contribution is -2.30. The quantitative estimate of drug-likeness (QED) is 0.836. The van der Waals surface area contributed by atoms with Gasteiger partial charge in [0.15, 0.2) is 0 Å². The van der Waals surface area contributed by atoms with Gasteiger partial charge in [-0.15, -0.1) is 0 Å². The van der Waals surface area contributed by atoms with E-state index in [9.17, 15) is 13.2 Å². The molecule has 0 amide bonds. The SMILES string of the molecule is COC1CCCC1Nc1ccc(C(F)(F)F)c(C(N)=S)c1. The van der Waals surface area contributed by atoms with Gasteiger partial charge in [0.05, 0.1) is 17.7 Å². The van der Waals surface area contributed by atoms with E-state index in [-0.39, 0.29) is 22.7 Å². The minimum atomic E-state index is -4.47. The predicted molar refractivity (Wildman–Crippen MR) is 79.4 cm³/mol. The number of rotatable bonds is 4. The number of methoxy groups -OCH3 is 1. The van der Waals surface area contributed by atoms with Crippen molar-refractivity contribution in [2.24, 2.45) is 5.73 Å². The highest BCUT2D eigenvalue weighted by Gasteiger charge is 2.34. The highest BCUT2D eigenvalue weighted by Crippen LogP contribution is 2.34. The fourth-order valence-electron chi connectivity index (χ4n) is 2.67. The van der Waals surface area contributed by atoms with Crippen LogP contribution >= 0.6 is 12.2 Å².